The minimum absolute atomic E-state index is 0.0313. The Morgan fingerprint density at radius 2 is 2.40 bits per heavy atom. The molecule has 0 fully saturated rings. The van der Waals surface area contributed by atoms with Crippen LogP contribution in [0.25, 0.3) is 11.0 Å². The second kappa shape index (κ2) is 6.34. The Hall–Kier alpha value is -2.14. The monoisotopic (exact) mass is 274 g/mol. The number of aromatic nitrogens is 2. The first kappa shape index (κ1) is 14.3. The normalized spacial score (nSPS) is 12.9. The van der Waals surface area contributed by atoms with E-state index < -0.39 is 0 Å². The number of H-pyrrole nitrogens is 1. The first-order valence-corrected chi connectivity index (χ1v) is 6.50. The summed E-state index contributed by atoms with van der Waals surface area (Å²) in [4.78, 5) is 18.3. The molecule has 20 heavy (non-hydrogen) atoms. The molecule has 0 aliphatic rings. The van der Waals surface area contributed by atoms with Crippen molar-refractivity contribution in [2.75, 3.05) is 6.61 Å². The van der Waals surface area contributed by atoms with E-state index in [0.29, 0.717) is 12.2 Å². The second-order valence-electron chi connectivity index (χ2n) is 4.71. The lowest BCUT2D eigenvalue weighted by molar-refractivity contribution is -0.112. The lowest BCUT2D eigenvalue weighted by atomic mass is 10.1. The lowest BCUT2D eigenvalue weighted by Crippen LogP contribution is -2.16. The van der Waals surface area contributed by atoms with Crippen LogP contribution in [0, 0.1) is 0 Å². The maximum atomic E-state index is 10.9. The summed E-state index contributed by atoms with van der Waals surface area (Å²) in [7, 11) is 0. The molecule has 2 aromatic rings. The van der Waals surface area contributed by atoms with Gasteiger partial charge in [0, 0.05) is 11.6 Å². The Labute approximate surface area is 117 Å². The Morgan fingerprint density at radius 1 is 1.60 bits per heavy atom. The number of aliphatic hydroxyl groups excluding tert-OH is 1. The summed E-state index contributed by atoms with van der Waals surface area (Å²) in [5, 5.41) is 9.96. The standard InChI is InChI=1S/C15H18N2O3/c1-10(19)4-3-5-12-7-16-15-14(12)6-13(8-17-15)20-11(2)9-18/h3-4,6-8,11,18H,5,9H2,1-2H3,(H,16,17). The van der Waals surface area contributed by atoms with Crippen molar-refractivity contribution in [2.24, 2.45) is 0 Å². The van der Waals surface area contributed by atoms with Gasteiger partial charge in [-0.05, 0) is 38.0 Å². The van der Waals surface area contributed by atoms with Crippen molar-refractivity contribution in [3.63, 3.8) is 0 Å². The number of rotatable bonds is 6. The van der Waals surface area contributed by atoms with E-state index in [-0.39, 0.29) is 18.5 Å². The first-order valence-electron chi connectivity index (χ1n) is 6.50. The summed E-state index contributed by atoms with van der Waals surface area (Å²) < 4.78 is 5.54. The van der Waals surface area contributed by atoms with Crippen LogP contribution < -0.4 is 4.74 Å². The van der Waals surface area contributed by atoms with Crippen molar-refractivity contribution >= 4 is 16.8 Å². The maximum Gasteiger partial charge on any atom is 0.152 e. The van der Waals surface area contributed by atoms with Gasteiger partial charge in [-0.1, -0.05) is 6.08 Å². The van der Waals surface area contributed by atoms with Crippen LogP contribution in [-0.2, 0) is 11.2 Å². The van der Waals surface area contributed by atoms with Crippen LogP contribution in [0.3, 0.4) is 0 Å². The third-order valence-corrected chi connectivity index (χ3v) is 2.88. The Kier molecular flexibility index (Phi) is 4.53. The predicted molar refractivity (Wildman–Crippen MR) is 76.8 cm³/mol. The predicted octanol–water partition coefficient (Wildman–Crippen LogP) is 2.01. The number of carbonyl (C=O) groups is 1. The molecule has 1 unspecified atom stereocenters. The quantitative estimate of drug-likeness (QED) is 0.790. The molecule has 0 aromatic carbocycles. The van der Waals surface area contributed by atoms with Crippen LogP contribution in [0.1, 0.15) is 19.4 Å². The Bertz CT molecular complexity index is 631. The van der Waals surface area contributed by atoms with Gasteiger partial charge in [0.2, 0.25) is 0 Å². The molecule has 0 amide bonds. The van der Waals surface area contributed by atoms with Crippen molar-refractivity contribution in [3.8, 4) is 5.75 Å². The van der Waals surface area contributed by atoms with E-state index in [4.69, 9.17) is 9.84 Å². The maximum absolute atomic E-state index is 10.9. The number of nitrogens with zero attached hydrogens (tertiary/aromatic N) is 1. The van der Waals surface area contributed by atoms with Crippen molar-refractivity contribution in [3.05, 3.63) is 36.2 Å². The van der Waals surface area contributed by atoms with E-state index in [1.807, 2.05) is 18.3 Å². The summed E-state index contributed by atoms with van der Waals surface area (Å²) in [6.45, 7) is 3.27. The molecule has 1 atom stereocenters. The number of hydrogen-bond donors (Lipinski definition) is 2. The molecule has 0 aliphatic heterocycles. The van der Waals surface area contributed by atoms with E-state index in [9.17, 15) is 4.79 Å². The fourth-order valence-electron chi connectivity index (χ4n) is 1.89. The molecule has 0 bridgehead atoms. The third-order valence-electron chi connectivity index (χ3n) is 2.88. The van der Waals surface area contributed by atoms with Gasteiger partial charge in [0.25, 0.3) is 0 Å². The Balaban J connectivity index is 2.23. The van der Waals surface area contributed by atoms with E-state index in [2.05, 4.69) is 9.97 Å². The van der Waals surface area contributed by atoms with Gasteiger partial charge in [0.05, 0.1) is 12.8 Å². The second-order valence-corrected chi connectivity index (χ2v) is 4.71. The zero-order valence-electron chi connectivity index (χ0n) is 11.6. The average molecular weight is 274 g/mol. The van der Waals surface area contributed by atoms with Crippen molar-refractivity contribution in [2.45, 2.75) is 26.4 Å². The number of pyridine rings is 1. The molecule has 0 spiro atoms. The Morgan fingerprint density at radius 3 is 3.10 bits per heavy atom. The molecular formula is C15H18N2O3. The SMILES string of the molecule is CC(=O)C=CCc1c[nH]c2ncc(OC(C)CO)cc12. The highest BCUT2D eigenvalue weighted by Gasteiger charge is 2.07. The number of aromatic amines is 1. The molecule has 106 valence electrons. The lowest BCUT2D eigenvalue weighted by Gasteiger charge is -2.11. The number of ether oxygens (including phenoxy) is 1. The number of carbonyl (C=O) groups excluding carboxylic acids is 1. The van der Waals surface area contributed by atoms with Crippen LogP contribution >= 0.6 is 0 Å². The van der Waals surface area contributed by atoms with Gasteiger partial charge in [-0.2, -0.15) is 0 Å². The third kappa shape index (κ3) is 3.45. The molecule has 0 saturated heterocycles. The molecule has 5 heteroatoms. The summed E-state index contributed by atoms with van der Waals surface area (Å²) in [6, 6.07) is 1.89. The van der Waals surface area contributed by atoms with Crippen LogP contribution in [-0.4, -0.2) is 33.6 Å². The molecule has 0 radical (unpaired) electrons. The van der Waals surface area contributed by atoms with E-state index >= 15 is 0 Å². The fraction of sp³-hybridized carbons (Fsp3) is 0.333. The first-order chi connectivity index (χ1) is 9.60. The van der Waals surface area contributed by atoms with Crippen molar-refractivity contribution in [1.29, 1.82) is 0 Å². The summed E-state index contributed by atoms with van der Waals surface area (Å²) in [6.07, 6.45) is 7.27. The van der Waals surface area contributed by atoms with Crippen LogP contribution in [0.2, 0.25) is 0 Å². The largest absolute Gasteiger partial charge is 0.487 e. The average Bonchev–Trinajstić information content (AvgIpc) is 2.81. The van der Waals surface area contributed by atoms with Crippen molar-refractivity contribution in [1.82, 2.24) is 9.97 Å². The van der Waals surface area contributed by atoms with E-state index in [1.165, 1.54) is 6.92 Å². The number of nitrogens with one attached hydrogen (secondary N) is 1. The molecular weight excluding hydrogens is 256 g/mol. The smallest absolute Gasteiger partial charge is 0.152 e. The molecule has 0 aliphatic carbocycles. The number of aliphatic hydroxyl groups is 1. The molecule has 5 nitrogen and oxygen atoms in total. The van der Waals surface area contributed by atoms with Crippen LogP contribution in [0.5, 0.6) is 5.75 Å². The molecule has 2 heterocycles. The summed E-state index contributed by atoms with van der Waals surface area (Å²) in [5.74, 6) is 0.652. The highest BCUT2D eigenvalue weighted by Crippen LogP contribution is 2.22. The number of fused-ring (bicyclic) bond motifs is 1. The zero-order chi connectivity index (χ0) is 14.5. The molecule has 2 aromatic heterocycles. The highest BCUT2D eigenvalue weighted by atomic mass is 16.5. The number of allylic oxidation sites excluding steroid dienone is 2. The van der Waals surface area contributed by atoms with Crippen LogP contribution in [0.15, 0.2) is 30.6 Å². The van der Waals surface area contributed by atoms with Gasteiger partial charge in [-0.15, -0.1) is 0 Å². The zero-order valence-corrected chi connectivity index (χ0v) is 11.6. The fourth-order valence-corrected chi connectivity index (χ4v) is 1.89. The summed E-state index contributed by atoms with van der Waals surface area (Å²) >= 11 is 0. The number of hydrogen-bond acceptors (Lipinski definition) is 4. The number of ketones is 1. The van der Waals surface area contributed by atoms with Gasteiger partial charge in [-0.25, -0.2) is 4.98 Å². The topological polar surface area (TPSA) is 75.2 Å². The van der Waals surface area contributed by atoms with Crippen LogP contribution in [0.4, 0.5) is 0 Å². The molecule has 2 rings (SSSR count). The van der Waals surface area contributed by atoms with Gasteiger partial charge < -0.3 is 14.8 Å². The van der Waals surface area contributed by atoms with Crippen molar-refractivity contribution < 1.29 is 14.6 Å². The highest BCUT2D eigenvalue weighted by molar-refractivity contribution is 5.87. The van der Waals surface area contributed by atoms with Gasteiger partial charge in [0.15, 0.2) is 5.78 Å². The van der Waals surface area contributed by atoms with E-state index in [1.54, 1.807) is 19.2 Å². The molecule has 2 N–H and O–H groups in total. The van der Waals surface area contributed by atoms with Gasteiger partial charge >= 0.3 is 0 Å². The van der Waals surface area contributed by atoms with Gasteiger partial charge in [0.1, 0.15) is 17.5 Å². The summed E-state index contributed by atoms with van der Waals surface area (Å²) in [5.41, 5.74) is 1.83. The molecule has 0 saturated carbocycles. The van der Waals surface area contributed by atoms with Gasteiger partial charge in [-0.3, -0.25) is 4.79 Å². The minimum atomic E-state index is -0.269. The van der Waals surface area contributed by atoms with E-state index in [0.717, 1.165) is 16.6 Å². The minimum Gasteiger partial charge on any atom is -0.487 e.